The molecule has 28 heavy (non-hydrogen) atoms. The quantitative estimate of drug-likeness (QED) is 0.483. The van der Waals surface area contributed by atoms with E-state index in [0.717, 1.165) is 31.2 Å². The molecule has 2 aromatic rings. The Bertz CT molecular complexity index is 767. The van der Waals surface area contributed by atoms with Gasteiger partial charge in [-0.05, 0) is 36.6 Å². The van der Waals surface area contributed by atoms with E-state index in [1.807, 2.05) is 30.3 Å². The molecule has 0 aliphatic heterocycles. The zero-order chi connectivity index (χ0) is 20.4. The Morgan fingerprint density at radius 1 is 1.00 bits per heavy atom. The van der Waals surface area contributed by atoms with Crippen LogP contribution in [0.1, 0.15) is 38.8 Å². The molecular weight excluding hydrogens is 348 g/mol. The summed E-state index contributed by atoms with van der Waals surface area (Å²) in [4.78, 5) is 15.9. The number of anilines is 1. The lowest BCUT2D eigenvalue weighted by molar-refractivity contribution is -0.114. The van der Waals surface area contributed by atoms with Gasteiger partial charge < -0.3 is 16.0 Å². The van der Waals surface area contributed by atoms with Gasteiger partial charge in [0.15, 0.2) is 5.96 Å². The van der Waals surface area contributed by atoms with Crippen molar-refractivity contribution in [1.29, 1.82) is 0 Å². The summed E-state index contributed by atoms with van der Waals surface area (Å²) in [5.74, 6) is 0.778. The van der Waals surface area contributed by atoms with Crippen molar-refractivity contribution in [2.24, 2.45) is 4.99 Å². The van der Waals surface area contributed by atoms with Gasteiger partial charge in [-0.3, -0.25) is 9.79 Å². The van der Waals surface area contributed by atoms with Crippen molar-refractivity contribution in [3.8, 4) is 0 Å². The smallest absolute Gasteiger partial charge is 0.221 e. The van der Waals surface area contributed by atoms with Gasteiger partial charge in [-0.1, -0.05) is 56.3 Å². The molecule has 0 saturated carbocycles. The number of benzene rings is 2. The highest BCUT2D eigenvalue weighted by atomic mass is 16.1. The van der Waals surface area contributed by atoms with E-state index in [1.54, 1.807) is 0 Å². The van der Waals surface area contributed by atoms with Crippen molar-refractivity contribution >= 4 is 17.6 Å². The summed E-state index contributed by atoms with van der Waals surface area (Å²) >= 11 is 0. The molecule has 5 nitrogen and oxygen atoms in total. The highest BCUT2D eigenvalue weighted by Crippen LogP contribution is 2.22. The molecule has 0 atom stereocenters. The first-order valence-corrected chi connectivity index (χ1v) is 9.85. The lowest BCUT2D eigenvalue weighted by Gasteiger charge is -2.24. The van der Waals surface area contributed by atoms with E-state index in [1.165, 1.54) is 18.1 Å². The number of nitrogens with zero attached hydrogens (tertiary/aromatic N) is 1. The number of rotatable bonds is 8. The van der Waals surface area contributed by atoms with E-state index in [0.29, 0.717) is 6.54 Å². The maximum absolute atomic E-state index is 11.1. The molecule has 3 N–H and O–H groups in total. The van der Waals surface area contributed by atoms with Crippen molar-refractivity contribution in [1.82, 2.24) is 10.6 Å². The van der Waals surface area contributed by atoms with Gasteiger partial charge in [-0.15, -0.1) is 0 Å². The van der Waals surface area contributed by atoms with Crippen LogP contribution in [-0.4, -0.2) is 31.5 Å². The molecule has 0 fully saturated rings. The summed E-state index contributed by atoms with van der Waals surface area (Å²) < 4.78 is 0. The Labute approximate surface area is 168 Å². The van der Waals surface area contributed by atoms with E-state index in [2.05, 4.69) is 61.0 Å². The Morgan fingerprint density at radius 2 is 1.68 bits per heavy atom. The minimum atomic E-state index is -0.0562. The average molecular weight is 381 g/mol. The molecule has 0 aromatic heterocycles. The second kappa shape index (κ2) is 10.5. The van der Waals surface area contributed by atoms with Gasteiger partial charge in [-0.2, -0.15) is 0 Å². The highest BCUT2D eigenvalue weighted by molar-refractivity contribution is 5.88. The molecule has 0 spiro atoms. The fourth-order valence-corrected chi connectivity index (χ4v) is 2.88. The molecule has 5 heteroatoms. The molecular formula is C23H32N4O. The largest absolute Gasteiger partial charge is 0.357 e. The number of aliphatic imine (C=N–C) groups is 1. The third-order valence-electron chi connectivity index (χ3n) is 4.51. The highest BCUT2D eigenvalue weighted by Gasteiger charge is 2.19. The molecule has 0 aliphatic rings. The van der Waals surface area contributed by atoms with Crippen LogP contribution in [0, 0.1) is 0 Å². The zero-order valence-corrected chi connectivity index (χ0v) is 17.4. The van der Waals surface area contributed by atoms with Gasteiger partial charge in [0.2, 0.25) is 5.91 Å². The Balaban J connectivity index is 1.90. The number of guanidine groups is 1. The normalized spacial score (nSPS) is 11.8. The summed E-state index contributed by atoms with van der Waals surface area (Å²) in [5, 5.41) is 9.51. The molecule has 0 aliphatic carbocycles. The molecule has 0 unspecified atom stereocenters. The maximum Gasteiger partial charge on any atom is 0.221 e. The van der Waals surface area contributed by atoms with Gasteiger partial charge in [0, 0.05) is 31.1 Å². The van der Waals surface area contributed by atoms with Crippen LogP contribution in [0.4, 0.5) is 5.69 Å². The first-order chi connectivity index (χ1) is 13.4. The Morgan fingerprint density at radius 3 is 2.29 bits per heavy atom. The Kier molecular flexibility index (Phi) is 8.05. The number of nitrogens with one attached hydrogen (secondary N) is 3. The first-order valence-electron chi connectivity index (χ1n) is 9.85. The van der Waals surface area contributed by atoms with Crippen LogP contribution >= 0.6 is 0 Å². The number of hydrogen-bond acceptors (Lipinski definition) is 2. The first kappa shape index (κ1) is 21.5. The number of carbonyl (C=O) groups is 1. The SMILES string of the molecule is CCNC(=NCC(C)(C)c1ccccc1)NCCc1ccc(NC(C)=O)cc1. The van der Waals surface area contributed by atoms with Crippen LogP contribution in [0.25, 0.3) is 0 Å². The number of hydrogen-bond donors (Lipinski definition) is 3. The predicted molar refractivity (Wildman–Crippen MR) is 118 cm³/mol. The molecule has 0 bridgehead atoms. The number of amides is 1. The van der Waals surface area contributed by atoms with Crippen molar-refractivity contribution in [3.63, 3.8) is 0 Å². The summed E-state index contributed by atoms with van der Waals surface area (Å²) in [6.07, 6.45) is 0.882. The third-order valence-corrected chi connectivity index (χ3v) is 4.51. The lowest BCUT2D eigenvalue weighted by Crippen LogP contribution is -2.39. The summed E-state index contributed by atoms with van der Waals surface area (Å²) in [6, 6.07) is 18.4. The summed E-state index contributed by atoms with van der Waals surface area (Å²) in [7, 11) is 0. The minimum absolute atomic E-state index is 0.0246. The van der Waals surface area contributed by atoms with Crippen molar-refractivity contribution in [3.05, 3.63) is 65.7 Å². The van der Waals surface area contributed by atoms with Crippen LogP contribution in [-0.2, 0) is 16.6 Å². The lowest BCUT2D eigenvalue weighted by atomic mass is 9.85. The average Bonchev–Trinajstić information content (AvgIpc) is 2.68. The third kappa shape index (κ3) is 7.06. The zero-order valence-electron chi connectivity index (χ0n) is 17.4. The summed E-state index contributed by atoms with van der Waals surface area (Å²) in [6.45, 7) is 10.3. The second-order valence-corrected chi connectivity index (χ2v) is 7.50. The Hall–Kier alpha value is -2.82. The van der Waals surface area contributed by atoms with Crippen LogP contribution in [0.15, 0.2) is 59.6 Å². The molecule has 2 rings (SSSR count). The maximum atomic E-state index is 11.1. The monoisotopic (exact) mass is 380 g/mol. The molecule has 0 radical (unpaired) electrons. The van der Waals surface area contributed by atoms with Crippen LogP contribution in [0.3, 0.4) is 0 Å². The van der Waals surface area contributed by atoms with E-state index < -0.39 is 0 Å². The van der Waals surface area contributed by atoms with E-state index in [-0.39, 0.29) is 11.3 Å². The van der Waals surface area contributed by atoms with Gasteiger partial charge >= 0.3 is 0 Å². The molecule has 0 saturated heterocycles. The predicted octanol–water partition coefficient (Wildman–Crippen LogP) is 3.72. The van der Waals surface area contributed by atoms with Gasteiger partial charge in [0.1, 0.15) is 0 Å². The van der Waals surface area contributed by atoms with Crippen molar-refractivity contribution in [2.75, 3.05) is 25.0 Å². The molecule has 150 valence electrons. The second-order valence-electron chi connectivity index (χ2n) is 7.50. The van der Waals surface area contributed by atoms with Crippen molar-refractivity contribution in [2.45, 2.75) is 39.5 Å². The molecule has 0 heterocycles. The molecule has 2 aromatic carbocycles. The standard InChI is InChI=1S/C23H32N4O/c1-5-24-22(26-17-23(3,4)20-9-7-6-8-10-20)25-16-15-19-11-13-21(14-12-19)27-18(2)28/h6-14H,5,15-17H2,1-4H3,(H,27,28)(H2,24,25,26). The van der Waals surface area contributed by atoms with Gasteiger partial charge in [0.25, 0.3) is 0 Å². The minimum Gasteiger partial charge on any atom is -0.357 e. The van der Waals surface area contributed by atoms with Crippen molar-refractivity contribution < 1.29 is 4.79 Å². The number of carbonyl (C=O) groups excluding carboxylic acids is 1. The van der Waals surface area contributed by atoms with Gasteiger partial charge in [0.05, 0.1) is 6.54 Å². The van der Waals surface area contributed by atoms with Crippen LogP contribution in [0.2, 0.25) is 0 Å². The fraction of sp³-hybridized carbons (Fsp3) is 0.391. The topological polar surface area (TPSA) is 65.5 Å². The fourth-order valence-electron chi connectivity index (χ4n) is 2.88. The van der Waals surface area contributed by atoms with E-state index >= 15 is 0 Å². The molecule has 1 amide bonds. The summed E-state index contributed by atoms with van der Waals surface area (Å²) in [5.41, 5.74) is 3.29. The van der Waals surface area contributed by atoms with Gasteiger partial charge in [-0.25, -0.2) is 0 Å². The van der Waals surface area contributed by atoms with Crippen LogP contribution < -0.4 is 16.0 Å². The van der Waals surface area contributed by atoms with E-state index in [4.69, 9.17) is 4.99 Å². The van der Waals surface area contributed by atoms with E-state index in [9.17, 15) is 4.79 Å². The van der Waals surface area contributed by atoms with Crippen LogP contribution in [0.5, 0.6) is 0 Å².